The summed E-state index contributed by atoms with van der Waals surface area (Å²) in [5.74, 6) is -0.328. The minimum absolute atomic E-state index is 0.0321. The summed E-state index contributed by atoms with van der Waals surface area (Å²) in [6.07, 6.45) is 0. The Labute approximate surface area is 118 Å². The minimum atomic E-state index is -1.52. The second kappa shape index (κ2) is 6.46. The molecule has 0 saturated heterocycles. The zero-order valence-electron chi connectivity index (χ0n) is 11.5. The molecule has 0 spiro atoms. The van der Waals surface area contributed by atoms with Gasteiger partial charge in [0.1, 0.15) is 5.60 Å². The summed E-state index contributed by atoms with van der Waals surface area (Å²) in [6, 6.07) is 18.4. The van der Waals surface area contributed by atoms with Gasteiger partial charge in [0.05, 0.1) is 13.2 Å². The summed E-state index contributed by atoms with van der Waals surface area (Å²) in [6.45, 7) is 1.82. The third-order valence-electron chi connectivity index (χ3n) is 3.02. The number of Topliss-reactive ketones (excluding diaryl/α,β-unsaturated/α-hetero) is 1. The molecule has 0 bridgehead atoms. The molecule has 104 valence electrons. The summed E-state index contributed by atoms with van der Waals surface area (Å²) < 4.78 is 5.46. The maximum absolute atomic E-state index is 12.2. The zero-order valence-corrected chi connectivity index (χ0v) is 11.5. The van der Waals surface area contributed by atoms with Gasteiger partial charge in [-0.3, -0.25) is 4.79 Å². The third-order valence-corrected chi connectivity index (χ3v) is 3.02. The standard InChI is InChI=1S/C17H18O3/c1-17(19,16(18)15-10-6-3-7-11-15)13-20-12-14-8-4-2-5-9-14/h2-11,19H,12-13H2,1H3. The van der Waals surface area contributed by atoms with Crippen LogP contribution in [-0.2, 0) is 11.3 Å². The molecular weight excluding hydrogens is 252 g/mol. The lowest BCUT2D eigenvalue weighted by atomic mass is 9.96. The Morgan fingerprint density at radius 3 is 2.20 bits per heavy atom. The van der Waals surface area contributed by atoms with Gasteiger partial charge in [-0.1, -0.05) is 60.7 Å². The molecule has 0 aliphatic rings. The van der Waals surface area contributed by atoms with Crippen LogP contribution in [0.5, 0.6) is 0 Å². The van der Waals surface area contributed by atoms with Crippen molar-refractivity contribution in [3.63, 3.8) is 0 Å². The maximum atomic E-state index is 12.2. The van der Waals surface area contributed by atoms with Crippen molar-refractivity contribution >= 4 is 5.78 Å². The summed E-state index contributed by atoms with van der Waals surface area (Å²) >= 11 is 0. The first kappa shape index (κ1) is 14.4. The van der Waals surface area contributed by atoms with E-state index in [1.54, 1.807) is 24.3 Å². The fourth-order valence-electron chi connectivity index (χ4n) is 1.91. The molecular formula is C17H18O3. The van der Waals surface area contributed by atoms with E-state index in [4.69, 9.17) is 4.74 Å². The van der Waals surface area contributed by atoms with E-state index in [0.29, 0.717) is 12.2 Å². The molecule has 2 aromatic carbocycles. The van der Waals surface area contributed by atoms with Gasteiger partial charge < -0.3 is 9.84 Å². The van der Waals surface area contributed by atoms with Gasteiger partial charge in [-0.25, -0.2) is 0 Å². The van der Waals surface area contributed by atoms with E-state index in [9.17, 15) is 9.90 Å². The average Bonchev–Trinajstić information content (AvgIpc) is 2.48. The third kappa shape index (κ3) is 3.76. The summed E-state index contributed by atoms with van der Waals surface area (Å²) in [7, 11) is 0. The number of benzene rings is 2. The predicted molar refractivity (Wildman–Crippen MR) is 77.5 cm³/mol. The van der Waals surface area contributed by atoms with Gasteiger partial charge in [0, 0.05) is 5.56 Å². The highest BCUT2D eigenvalue weighted by Gasteiger charge is 2.31. The van der Waals surface area contributed by atoms with Crippen molar-refractivity contribution in [3.05, 3.63) is 71.8 Å². The summed E-state index contributed by atoms with van der Waals surface area (Å²) in [5, 5.41) is 10.2. The predicted octanol–water partition coefficient (Wildman–Crippen LogP) is 2.84. The van der Waals surface area contributed by atoms with Crippen molar-refractivity contribution < 1.29 is 14.6 Å². The number of hydrogen-bond acceptors (Lipinski definition) is 3. The molecule has 1 unspecified atom stereocenters. The van der Waals surface area contributed by atoms with Gasteiger partial charge in [0.25, 0.3) is 0 Å². The number of ether oxygens (including phenoxy) is 1. The average molecular weight is 270 g/mol. The molecule has 0 fully saturated rings. The van der Waals surface area contributed by atoms with Crippen molar-refractivity contribution in [2.75, 3.05) is 6.61 Å². The molecule has 0 amide bonds. The largest absolute Gasteiger partial charge is 0.380 e. The molecule has 3 nitrogen and oxygen atoms in total. The van der Waals surface area contributed by atoms with Crippen LogP contribution in [0.4, 0.5) is 0 Å². The molecule has 0 radical (unpaired) electrons. The van der Waals surface area contributed by atoms with Crippen molar-refractivity contribution in [2.24, 2.45) is 0 Å². The first-order chi connectivity index (χ1) is 9.59. The Kier molecular flexibility index (Phi) is 4.66. The molecule has 1 N–H and O–H groups in total. The normalized spacial score (nSPS) is 13.7. The maximum Gasteiger partial charge on any atom is 0.196 e. The van der Waals surface area contributed by atoms with E-state index in [-0.39, 0.29) is 12.4 Å². The summed E-state index contributed by atoms with van der Waals surface area (Å²) in [5.41, 5.74) is -0.0212. The van der Waals surface area contributed by atoms with Crippen LogP contribution in [0.25, 0.3) is 0 Å². The fourth-order valence-corrected chi connectivity index (χ4v) is 1.91. The molecule has 1 atom stereocenters. The van der Waals surface area contributed by atoms with Crippen LogP contribution < -0.4 is 0 Å². The van der Waals surface area contributed by atoms with Crippen molar-refractivity contribution in [1.82, 2.24) is 0 Å². The van der Waals surface area contributed by atoms with Gasteiger partial charge in [-0.2, -0.15) is 0 Å². The van der Waals surface area contributed by atoms with E-state index in [1.165, 1.54) is 6.92 Å². The van der Waals surface area contributed by atoms with Crippen LogP contribution in [0.3, 0.4) is 0 Å². The Morgan fingerprint density at radius 1 is 1.05 bits per heavy atom. The quantitative estimate of drug-likeness (QED) is 0.821. The van der Waals surface area contributed by atoms with Gasteiger partial charge in [0.15, 0.2) is 5.78 Å². The number of aliphatic hydroxyl groups is 1. The number of hydrogen-bond donors (Lipinski definition) is 1. The molecule has 0 heterocycles. The molecule has 0 aliphatic heterocycles. The fraction of sp³-hybridized carbons (Fsp3) is 0.235. The lowest BCUT2D eigenvalue weighted by Crippen LogP contribution is -2.40. The Morgan fingerprint density at radius 2 is 1.60 bits per heavy atom. The number of rotatable bonds is 6. The molecule has 20 heavy (non-hydrogen) atoms. The van der Waals surface area contributed by atoms with Crippen LogP contribution in [-0.4, -0.2) is 23.1 Å². The molecule has 2 aromatic rings. The topological polar surface area (TPSA) is 46.5 Å². The van der Waals surface area contributed by atoms with Crippen LogP contribution in [0.15, 0.2) is 60.7 Å². The molecule has 0 saturated carbocycles. The molecule has 2 rings (SSSR count). The molecule has 0 aliphatic carbocycles. The lowest BCUT2D eigenvalue weighted by Gasteiger charge is -2.21. The van der Waals surface area contributed by atoms with E-state index in [0.717, 1.165) is 5.56 Å². The SMILES string of the molecule is CC(O)(COCc1ccccc1)C(=O)c1ccccc1. The van der Waals surface area contributed by atoms with Gasteiger partial charge in [-0.05, 0) is 12.5 Å². The van der Waals surface area contributed by atoms with E-state index in [1.807, 2.05) is 36.4 Å². The van der Waals surface area contributed by atoms with Gasteiger partial charge in [-0.15, -0.1) is 0 Å². The van der Waals surface area contributed by atoms with Crippen molar-refractivity contribution in [2.45, 2.75) is 19.1 Å². The highest BCUT2D eigenvalue weighted by atomic mass is 16.5. The van der Waals surface area contributed by atoms with Gasteiger partial charge >= 0.3 is 0 Å². The van der Waals surface area contributed by atoms with Crippen LogP contribution in [0, 0.1) is 0 Å². The van der Waals surface area contributed by atoms with E-state index in [2.05, 4.69) is 0 Å². The molecule has 3 heteroatoms. The van der Waals surface area contributed by atoms with E-state index < -0.39 is 5.60 Å². The van der Waals surface area contributed by atoms with Crippen LogP contribution in [0.1, 0.15) is 22.8 Å². The number of ketones is 1. The Bertz CT molecular complexity index is 547. The summed E-state index contributed by atoms with van der Waals surface area (Å²) in [4.78, 5) is 12.2. The first-order valence-corrected chi connectivity index (χ1v) is 6.53. The van der Waals surface area contributed by atoms with E-state index >= 15 is 0 Å². The molecule has 0 aromatic heterocycles. The smallest absolute Gasteiger partial charge is 0.196 e. The van der Waals surface area contributed by atoms with Crippen molar-refractivity contribution in [3.8, 4) is 0 Å². The number of carbonyl (C=O) groups excluding carboxylic acids is 1. The second-order valence-electron chi connectivity index (χ2n) is 4.95. The van der Waals surface area contributed by atoms with Crippen LogP contribution in [0.2, 0.25) is 0 Å². The Hall–Kier alpha value is -1.97. The first-order valence-electron chi connectivity index (χ1n) is 6.53. The zero-order chi connectivity index (χ0) is 14.4. The Balaban J connectivity index is 1.92. The van der Waals surface area contributed by atoms with Crippen molar-refractivity contribution in [1.29, 1.82) is 0 Å². The number of carbonyl (C=O) groups is 1. The van der Waals surface area contributed by atoms with Crippen LogP contribution >= 0.6 is 0 Å². The highest BCUT2D eigenvalue weighted by molar-refractivity contribution is 6.02. The second-order valence-corrected chi connectivity index (χ2v) is 4.95. The van der Waals surface area contributed by atoms with Gasteiger partial charge in [0.2, 0.25) is 0 Å². The highest BCUT2D eigenvalue weighted by Crippen LogP contribution is 2.14. The monoisotopic (exact) mass is 270 g/mol. The minimum Gasteiger partial charge on any atom is -0.380 e. The lowest BCUT2D eigenvalue weighted by molar-refractivity contribution is -0.0231.